The van der Waals surface area contributed by atoms with Crippen molar-refractivity contribution in [3.63, 3.8) is 0 Å². The molecule has 2 amide bonds. The van der Waals surface area contributed by atoms with Gasteiger partial charge in [-0.1, -0.05) is 42.5 Å². The largest absolute Gasteiger partial charge is 0.344 e. The maximum absolute atomic E-state index is 11.9. The highest BCUT2D eigenvalue weighted by atomic mass is 16.2. The maximum atomic E-state index is 11.9. The predicted molar refractivity (Wildman–Crippen MR) is 72.6 cm³/mol. The number of hydrogen-bond donors (Lipinski definition) is 1. The van der Waals surface area contributed by atoms with Crippen LogP contribution >= 0.6 is 0 Å². The van der Waals surface area contributed by atoms with Crippen LogP contribution < -0.4 is 5.32 Å². The lowest BCUT2D eigenvalue weighted by Crippen LogP contribution is -2.37. The zero-order valence-electron chi connectivity index (χ0n) is 10.3. The van der Waals surface area contributed by atoms with Gasteiger partial charge in [-0.15, -0.1) is 0 Å². The zero-order chi connectivity index (χ0) is 13.5. The number of allylic oxidation sites excluding steroid dienone is 4. The summed E-state index contributed by atoms with van der Waals surface area (Å²) in [7, 11) is 0. The van der Waals surface area contributed by atoms with Crippen molar-refractivity contribution < 1.29 is 9.59 Å². The van der Waals surface area contributed by atoms with Gasteiger partial charge in [0.15, 0.2) is 0 Å². The molecule has 0 saturated heterocycles. The first-order chi connectivity index (χ1) is 9.27. The Hall–Kier alpha value is -2.62. The number of nitrogens with one attached hydrogen (secondary N) is 1. The van der Waals surface area contributed by atoms with Crippen LogP contribution in [-0.4, -0.2) is 16.7 Å². The number of hydrogen-bond acceptors (Lipinski definition) is 2. The van der Waals surface area contributed by atoms with Gasteiger partial charge >= 0.3 is 11.8 Å². The minimum absolute atomic E-state index is 0.338. The Labute approximate surface area is 111 Å². The van der Waals surface area contributed by atoms with Gasteiger partial charge in [0.2, 0.25) is 0 Å². The molecule has 0 radical (unpaired) electrons. The number of nitrogens with zero attached hydrogens (tertiary/aromatic N) is 1. The van der Waals surface area contributed by atoms with E-state index in [0.717, 1.165) is 5.56 Å². The van der Waals surface area contributed by atoms with Crippen molar-refractivity contribution >= 4 is 11.8 Å². The molecule has 0 fully saturated rings. The fourth-order valence-electron chi connectivity index (χ4n) is 1.57. The van der Waals surface area contributed by atoms with Crippen molar-refractivity contribution in [3.05, 3.63) is 72.6 Å². The van der Waals surface area contributed by atoms with Gasteiger partial charge in [-0.2, -0.15) is 0 Å². The van der Waals surface area contributed by atoms with Crippen LogP contribution in [0.5, 0.6) is 0 Å². The summed E-state index contributed by atoms with van der Waals surface area (Å²) < 4.78 is 0. The molecule has 1 N–H and O–H groups in total. The molecule has 2 rings (SSSR count). The van der Waals surface area contributed by atoms with Crippen molar-refractivity contribution in [2.24, 2.45) is 0 Å². The van der Waals surface area contributed by atoms with Crippen LogP contribution in [0.3, 0.4) is 0 Å². The van der Waals surface area contributed by atoms with Crippen LogP contribution in [0, 0.1) is 0 Å². The molecule has 96 valence electrons. The molecule has 4 heteroatoms. The molecule has 0 bridgehead atoms. The summed E-state index contributed by atoms with van der Waals surface area (Å²) in [5.41, 5.74) is 0.951. The molecule has 1 aliphatic rings. The van der Waals surface area contributed by atoms with Gasteiger partial charge in [0.05, 0.1) is 0 Å². The van der Waals surface area contributed by atoms with Crippen LogP contribution in [0.4, 0.5) is 0 Å². The van der Waals surface area contributed by atoms with Gasteiger partial charge in [-0.25, -0.2) is 0 Å². The van der Waals surface area contributed by atoms with Gasteiger partial charge in [0.1, 0.15) is 0 Å². The molecule has 0 spiro atoms. The third-order valence-corrected chi connectivity index (χ3v) is 2.55. The van der Waals surface area contributed by atoms with Crippen LogP contribution in [-0.2, 0) is 16.1 Å². The molecule has 19 heavy (non-hydrogen) atoms. The summed E-state index contributed by atoms with van der Waals surface area (Å²) >= 11 is 0. The monoisotopic (exact) mass is 254 g/mol. The second-order valence-corrected chi connectivity index (χ2v) is 3.95. The highest BCUT2D eigenvalue weighted by molar-refractivity contribution is 6.35. The Morgan fingerprint density at radius 2 is 1.58 bits per heavy atom. The summed E-state index contributed by atoms with van der Waals surface area (Å²) in [6, 6.07) is 9.45. The average molecular weight is 254 g/mol. The van der Waals surface area contributed by atoms with Gasteiger partial charge in [-0.05, 0) is 17.7 Å². The average Bonchev–Trinajstić information content (AvgIpc) is 2.74. The number of rotatable bonds is 2. The van der Waals surface area contributed by atoms with Crippen LogP contribution in [0.25, 0.3) is 0 Å². The van der Waals surface area contributed by atoms with Gasteiger partial charge in [-0.3, -0.25) is 14.5 Å². The van der Waals surface area contributed by atoms with E-state index in [2.05, 4.69) is 5.32 Å². The molecule has 1 aliphatic heterocycles. The van der Waals surface area contributed by atoms with Crippen molar-refractivity contribution in [3.8, 4) is 0 Å². The van der Waals surface area contributed by atoms with Crippen molar-refractivity contribution in [1.82, 2.24) is 10.2 Å². The Morgan fingerprint density at radius 1 is 0.947 bits per heavy atom. The second-order valence-electron chi connectivity index (χ2n) is 3.95. The molecule has 1 aromatic carbocycles. The number of carbonyl (C=O) groups is 2. The van der Waals surface area contributed by atoms with E-state index in [1.54, 1.807) is 36.7 Å². The molecule has 0 saturated carbocycles. The lowest BCUT2D eigenvalue weighted by atomic mass is 10.2. The minimum atomic E-state index is -0.625. The summed E-state index contributed by atoms with van der Waals surface area (Å²) in [6.07, 6.45) is 10.1. The van der Waals surface area contributed by atoms with Crippen LogP contribution in [0.15, 0.2) is 67.0 Å². The first-order valence-electron chi connectivity index (χ1n) is 5.93. The van der Waals surface area contributed by atoms with E-state index >= 15 is 0 Å². The van der Waals surface area contributed by atoms with Crippen molar-refractivity contribution in [2.75, 3.05) is 0 Å². The van der Waals surface area contributed by atoms with Gasteiger partial charge < -0.3 is 5.32 Å². The SMILES string of the molecule is O=C(NCc1ccccc1)C(=O)N1C=CC=CC=C1. The van der Waals surface area contributed by atoms with Gasteiger partial charge in [0.25, 0.3) is 0 Å². The number of amides is 2. The Balaban J connectivity index is 1.91. The fraction of sp³-hybridized carbons (Fsp3) is 0.0667. The van der Waals surface area contributed by atoms with E-state index in [0.29, 0.717) is 6.54 Å². The summed E-state index contributed by atoms with van der Waals surface area (Å²) in [5, 5.41) is 2.60. The summed E-state index contributed by atoms with van der Waals surface area (Å²) in [5.74, 6) is -1.23. The molecule has 0 aromatic heterocycles. The molecule has 1 heterocycles. The molecule has 0 atom stereocenters. The Bertz CT molecular complexity index is 529. The van der Waals surface area contributed by atoms with E-state index < -0.39 is 11.8 Å². The smallest absolute Gasteiger partial charge is 0.319 e. The van der Waals surface area contributed by atoms with Gasteiger partial charge in [0, 0.05) is 18.9 Å². The number of benzene rings is 1. The van der Waals surface area contributed by atoms with Crippen molar-refractivity contribution in [2.45, 2.75) is 6.54 Å². The normalized spacial score (nSPS) is 13.2. The van der Waals surface area contributed by atoms with E-state index in [4.69, 9.17) is 0 Å². The van der Waals surface area contributed by atoms with E-state index in [1.165, 1.54) is 4.90 Å². The fourth-order valence-corrected chi connectivity index (χ4v) is 1.57. The highest BCUT2D eigenvalue weighted by Gasteiger charge is 2.17. The third-order valence-electron chi connectivity index (χ3n) is 2.55. The standard InChI is InChI=1S/C15H14N2O2/c18-14(16-12-13-8-4-3-5-9-13)15(19)17-10-6-1-2-7-11-17/h1-11H,12H2,(H,16,18). The minimum Gasteiger partial charge on any atom is -0.344 e. The topological polar surface area (TPSA) is 49.4 Å². The predicted octanol–water partition coefficient (Wildman–Crippen LogP) is 1.73. The molecular formula is C15H14N2O2. The Kier molecular flexibility index (Phi) is 4.29. The first kappa shape index (κ1) is 12.8. The van der Waals surface area contributed by atoms with E-state index in [-0.39, 0.29) is 0 Å². The van der Waals surface area contributed by atoms with Crippen LogP contribution in [0.2, 0.25) is 0 Å². The molecule has 0 aliphatic carbocycles. The quantitative estimate of drug-likeness (QED) is 0.817. The van der Waals surface area contributed by atoms with E-state index in [9.17, 15) is 9.59 Å². The first-order valence-corrected chi connectivity index (χ1v) is 5.93. The lowest BCUT2D eigenvalue weighted by molar-refractivity contribution is -0.142. The molecular weight excluding hydrogens is 240 g/mol. The molecule has 0 unspecified atom stereocenters. The number of carbonyl (C=O) groups excluding carboxylic acids is 2. The summed E-state index contributed by atoms with van der Waals surface area (Å²) in [4.78, 5) is 24.8. The highest BCUT2D eigenvalue weighted by Crippen LogP contribution is 2.01. The second kappa shape index (κ2) is 6.35. The summed E-state index contributed by atoms with van der Waals surface area (Å²) in [6.45, 7) is 0.338. The molecule has 1 aromatic rings. The van der Waals surface area contributed by atoms with Crippen LogP contribution in [0.1, 0.15) is 5.56 Å². The lowest BCUT2D eigenvalue weighted by Gasteiger charge is -2.12. The Morgan fingerprint density at radius 3 is 2.21 bits per heavy atom. The zero-order valence-corrected chi connectivity index (χ0v) is 10.3. The van der Waals surface area contributed by atoms with Crippen molar-refractivity contribution in [1.29, 1.82) is 0 Å². The molecule has 4 nitrogen and oxygen atoms in total. The third kappa shape index (κ3) is 3.67. The maximum Gasteiger partial charge on any atom is 0.319 e. The van der Waals surface area contributed by atoms with E-state index in [1.807, 2.05) is 30.3 Å².